The molecule has 2 amide bonds. The summed E-state index contributed by atoms with van der Waals surface area (Å²) in [5.74, 6) is -0.598. The minimum atomic E-state index is -0.805. The highest BCUT2D eigenvalue weighted by Crippen LogP contribution is 2.32. The van der Waals surface area contributed by atoms with Crippen molar-refractivity contribution >= 4 is 23.7 Å². The summed E-state index contributed by atoms with van der Waals surface area (Å²) in [5, 5.41) is 6.90. The molecule has 9 heteroatoms. The van der Waals surface area contributed by atoms with E-state index in [0.29, 0.717) is 16.8 Å². The number of methoxy groups -OCH3 is 1. The molecule has 0 aliphatic carbocycles. The normalized spacial score (nSPS) is 13.5. The number of nitrogens with one attached hydrogen (secondary N) is 1. The van der Waals surface area contributed by atoms with Crippen molar-refractivity contribution in [3.63, 3.8) is 0 Å². The average molecular weight is 450 g/mol. The number of benzene rings is 1. The van der Waals surface area contributed by atoms with Crippen molar-refractivity contribution in [2.45, 2.75) is 26.1 Å². The van der Waals surface area contributed by atoms with E-state index in [0.717, 1.165) is 4.68 Å². The zero-order valence-corrected chi connectivity index (χ0v) is 18.6. The van der Waals surface area contributed by atoms with E-state index >= 15 is 0 Å². The molecule has 2 aromatic rings. The van der Waals surface area contributed by atoms with Crippen molar-refractivity contribution in [3.8, 4) is 0 Å². The molecule has 33 heavy (non-hydrogen) atoms. The first-order chi connectivity index (χ1) is 15.9. The van der Waals surface area contributed by atoms with Gasteiger partial charge in [0.1, 0.15) is 0 Å². The number of hydrogen-bond acceptors (Lipinski definition) is 6. The second-order valence-electron chi connectivity index (χ2n) is 7.18. The molecular weight excluding hydrogens is 424 g/mol. The van der Waals surface area contributed by atoms with E-state index in [4.69, 9.17) is 9.47 Å². The van der Waals surface area contributed by atoms with Crippen LogP contribution in [0.5, 0.6) is 0 Å². The highest BCUT2D eigenvalue weighted by Gasteiger charge is 2.36. The molecule has 0 saturated carbocycles. The van der Waals surface area contributed by atoms with Crippen molar-refractivity contribution in [3.05, 3.63) is 84.1 Å². The number of carbonyl (C=O) groups is 3. The molecule has 1 aromatic heterocycles. The molecule has 172 valence electrons. The first-order valence-corrected chi connectivity index (χ1v) is 10.3. The summed E-state index contributed by atoms with van der Waals surface area (Å²) in [6.07, 6.45) is 3.11. The van der Waals surface area contributed by atoms with Gasteiger partial charge in [-0.15, -0.1) is 5.10 Å². The van der Waals surface area contributed by atoms with Gasteiger partial charge in [0.15, 0.2) is 11.9 Å². The zero-order chi connectivity index (χ0) is 24.0. The van der Waals surface area contributed by atoms with Crippen molar-refractivity contribution < 1.29 is 23.9 Å². The molecule has 1 aliphatic rings. The molecule has 0 fully saturated rings. The molecule has 0 unspecified atom stereocenters. The van der Waals surface area contributed by atoms with Gasteiger partial charge in [0.05, 0.1) is 25.4 Å². The summed E-state index contributed by atoms with van der Waals surface area (Å²) < 4.78 is 11.6. The minimum Gasteiger partial charge on any atom is -0.448 e. The number of rotatable bonds is 8. The fourth-order valence-corrected chi connectivity index (χ4v) is 3.45. The van der Waals surface area contributed by atoms with E-state index in [1.807, 2.05) is 30.3 Å². The van der Waals surface area contributed by atoms with Gasteiger partial charge in [-0.2, -0.15) is 4.68 Å². The smallest absolute Gasteiger partial charge is 0.435 e. The van der Waals surface area contributed by atoms with Crippen LogP contribution in [-0.4, -0.2) is 46.3 Å². The van der Waals surface area contributed by atoms with E-state index in [-0.39, 0.29) is 37.0 Å². The molecule has 0 radical (unpaired) electrons. The van der Waals surface area contributed by atoms with E-state index in [2.05, 4.69) is 23.6 Å². The fourth-order valence-electron chi connectivity index (χ4n) is 3.45. The van der Waals surface area contributed by atoms with Crippen LogP contribution in [-0.2, 0) is 32.2 Å². The Hall–Kier alpha value is -3.98. The van der Waals surface area contributed by atoms with Gasteiger partial charge in [-0.25, -0.2) is 4.79 Å². The lowest BCUT2D eigenvalue weighted by molar-refractivity contribution is -0.143. The van der Waals surface area contributed by atoms with Crippen molar-refractivity contribution in [1.82, 2.24) is 14.7 Å². The number of hydrogen-bond donors (Lipinski definition) is 1. The Morgan fingerprint density at radius 1 is 1.24 bits per heavy atom. The van der Waals surface area contributed by atoms with Crippen LogP contribution in [0, 0.1) is 0 Å². The quantitative estimate of drug-likeness (QED) is 0.489. The third-order valence-corrected chi connectivity index (χ3v) is 5.05. The SMILES string of the molecule is C=C/C=C\C(=C)C(=O)Nc1nn(C(=O)OCC)c2c1CN(C(=O)[C@@H](OC)c1ccccc1)C2. The number of nitrogens with zero attached hydrogens (tertiary/aromatic N) is 3. The van der Waals surface area contributed by atoms with Crippen LogP contribution in [0.1, 0.15) is 29.8 Å². The van der Waals surface area contributed by atoms with E-state index in [9.17, 15) is 14.4 Å². The van der Waals surface area contributed by atoms with Gasteiger partial charge in [0.25, 0.3) is 11.8 Å². The first-order valence-electron chi connectivity index (χ1n) is 10.3. The van der Waals surface area contributed by atoms with Gasteiger partial charge in [-0.05, 0) is 12.5 Å². The highest BCUT2D eigenvalue weighted by atomic mass is 16.6. The molecule has 0 spiro atoms. The topological polar surface area (TPSA) is 103 Å². The molecule has 1 atom stereocenters. The Morgan fingerprint density at radius 2 is 1.97 bits per heavy atom. The molecular formula is C24H26N4O5. The zero-order valence-electron chi connectivity index (χ0n) is 18.6. The molecule has 0 bridgehead atoms. The van der Waals surface area contributed by atoms with Crippen molar-refractivity contribution in [2.75, 3.05) is 19.0 Å². The predicted molar refractivity (Wildman–Crippen MR) is 122 cm³/mol. The Labute approximate surface area is 192 Å². The minimum absolute atomic E-state index is 0.111. The molecule has 9 nitrogen and oxygen atoms in total. The lowest BCUT2D eigenvalue weighted by atomic mass is 10.1. The highest BCUT2D eigenvalue weighted by molar-refractivity contribution is 6.05. The Kier molecular flexibility index (Phi) is 7.57. The van der Waals surface area contributed by atoms with Gasteiger partial charge in [-0.1, -0.05) is 61.7 Å². The maximum Gasteiger partial charge on any atom is 0.435 e. The average Bonchev–Trinajstić information content (AvgIpc) is 3.39. The standard InChI is InChI=1S/C24H26N4O5/c1-5-7-11-16(3)22(29)25-21-18-14-27(15-19(18)28(26-21)24(31)33-6-2)23(30)20(32-4)17-12-9-8-10-13-17/h5,7-13,20H,1,3,6,14-15H2,2,4H3,(H,25,26,29)/b11-7-/t20-/m0/s1. The van der Waals surface area contributed by atoms with Gasteiger partial charge < -0.3 is 19.7 Å². The fraction of sp³-hybridized carbons (Fsp3) is 0.250. The summed E-state index contributed by atoms with van der Waals surface area (Å²) in [5.41, 5.74) is 1.91. The monoisotopic (exact) mass is 450 g/mol. The van der Waals surface area contributed by atoms with Crippen molar-refractivity contribution in [1.29, 1.82) is 0 Å². The summed E-state index contributed by atoms with van der Waals surface area (Å²) in [6.45, 7) is 9.36. The summed E-state index contributed by atoms with van der Waals surface area (Å²) in [6, 6.07) is 9.13. The number of amides is 2. The molecule has 1 aliphatic heterocycles. The summed E-state index contributed by atoms with van der Waals surface area (Å²) in [4.78, 5) is 39.8. The number of carbonyl (C=O) groups excluding carboxylic acids is 3. The van der Waals surface area contributed by atoms with Crippen LogP contribution in [0.2, 0.25) is 0 Å². The largest absolute Gasteiger partial charge is 0.448 e. The maximum atomic E-state index is 13.2. The molecule has 1 aromatic carbocycles. The number of anilines is 1. The Bertz CT molecular complexity index is 1100. The van der Waals surface area contributed by atoms with Crippen LogP contribution < -0.4 is 5.32 Å². The van der Waals surface area contributed by atoms with Crippen LogP contribution >= 0.6 is 0 Å². The Balaban J connectivity index is 1.89. The second-order valence-corrected chi connectivity index (χ2v) is 7.18. The van der Waals surface area contributed by atoms with Crippen LogP contribution in [0.15, 0.2) is 67.3 Å². The number of fused-ring (bicyclic) bond motifs is 1. The van der Waals surface area contributed by atoms with Crippen LogP contribution in [0.4, 0.5) is 10.6 Å². The third-order valence-electron chi connectivity index (χ3n) is 5.05. The summed E-state index contributed by atoms with van der Waals surface area (Å²) >= 11 is 0. The van der Waals surface area contributed by atoms with Crippen molar-refractivity contribution in [2.24, 2.45) is 0 Å². The van der Waals surface area contributed by atoms with Crippen LogP contribution in [0.3, 0.4) is 0 Å². The third kappa shape index (κ3) is 5.09. The van der Waals surface area contributed by atoms with Crippen LogP contribution in [0.25, 0.3) is 0 Å². The second kappa shape index (κ2) is 10.6. The van der Waals surface area contributed by atoms with E-state index in [1.54, 1.807) is 17.9 Å². The van der Waals surface area contributed by atoms with Gasteiger partial charge in [0.2, 0.25) is 0 Å². The van der Waals surface area contributed by atoms with E-state index in [1.165, 1.54) is 19.3 Å². The lowest BCUT2D eigenvalue weighted by Crippen LogP contribution is -2.33. The predicted octanol–water partition coefficient (Wildman–Crippen LogP) is 3.35. The lowest BCUT2D eigenvalue weighted by Gasteiger charge is -2.23. The first kappa shape index (κ1) is 23.7. The number of ether oxygens (including phenoxy) is 2. The number of aromatic nitrogens is 2. The van der Waals surface area contributed by atoms with E-state index < -0.39 is 18.1 Å². The Morgan fingerprint density at radius 3 is 2.61 bits per heavy atom. The molecule has 3 rings (SSSR count). The van der Waals surface area contributed by atoms with Gasteiger partial charge >= 0.3 is 6.09 Å². The van der Waals surface area contributed by atoms with Gasteiger partial charge in [0, 0.05) is 18.2 Å². The maximum absolute atomic E-state index is 13.2. The summed E-state index contributed by atoms with van der Waals surface area (Å²) in [7, 11) is 1.47. The molecule has 0 saturated heterocycles. The molecule has 1 N–H and O–H groups in total. The number of allylic oxidation sites excluding steroid dienone is 2. The van der Waals surface area contributed by atoms with Gasteiger partial charge in [-0.3, -0.25) is 9.59 Å². The molecule has 2 heterocycles.